The van der Waals surface area contributed by atoms with Gasteiger partial charge in [-0.05, 0) is 18.8 Å². The van der Waals surface area contributed by atoms with E-state index in [1.54, 1.807) is 0 Å². The number of ether oxygens (including phenoxy) is 1. The molecule has 1 aliphatic carbocycles. The molecule has 3 heteroatoms. The summed E-state index contributed by atoms with van der Waals surface area (Å²) >= 11 is 0. The number of methoxy groups -OCH3 is 1. The molecule has 0 bridgehead atoms. The summed E-state index contributed by atoms with van der Waals surface area (Å²) in [7, 11) is 1.35. The van der Waals surface area contributed by atoms with Crippen LogP contribution < -0.4 is 0 Å². The molecule has 1 saturated carbocycles. The fraction of sp³-hybridized carbons (Fsp3) is 0.889. The van der Waals surface area contributed by atoms with Crippen molar-refractivity contribution >= 4 is 5.97 Å². The first-order chi connectivity index (χ1) is 5.70. The molecule has 0 aromatic rings. The summed E-state index contributed by atoms with van der Waals surface area (Å²) in [5.74, 6) is 0.407. The molecule has 0 saturated heterocycles. The van der Waals surface area contributed by atoms with Crippen LogP contribution in [0, 0.1) is 5.92 Å². The van der Waals surface area contributed by atoms with Crippen LogP contribution in [0.15, 0.2) is 0 Å². The number of hydrogen-bond donors (Lipinski definition) is 1. The van der Waals surface area contributed by atoms with Crippen molar-refractivity contribution in [3.8, 4) is 0 Å². The Morgan fingerprint density at radius 2 is 1.92 bits per heavy atom. The Morgan fingerprint density at radius 1 is 1.50 bits per heavy atom. The second-order valence-corrected chi connectivity index (χ2v) is 3.03. The minimum Gasteiger partial charge on any atom is -0.469 e. The molecule has 1 rings (SSSR count). The molecule has 0 atom stereocenters. The number of esters is 1. The lowest BCUT2D eigenvalue weighted by Gasteiger charge is -1.98. The predicted octanol–water partition coefficient (Wildman–Crippen LogP) is 1.35. The van der Waals surface area contributed by atoms with Crippen LogP contribution >= 0.6 is 0 Å². The Labute approximate surface area is 73.7 Å². The van der Waals surface area contributed by atoms with Gasteiger partial charge in [0.15, 0.2) is 0 Å². The van der Waals surface area contributed by atoms with Crippen molar-refractivity contribution in [2.24, 2.45) is 5.92 Å². The van der Waals surface area contributed by atoms with Crippen LogP contribution in [0.4, 0.5) is 0 Å². The highest BCUT2D eigenvalue weighted by Gasteiger charge is 2.12. The molecule has 1 aliphatic rings. The van der Waals surface area contributed by atoms with Crippen molar-refractivity contribution in [2.75, 3.05) is 13.7 Å². The van der Waals surface area contributed by atoms with Crippen LogP contribution in [0.3, 0.4) is 0 Å². The summed E-state index contributed by atoms with van der Waals surface area (Å²) in [6.45, 7) is 1.78. The van der Waals surface area contributed by atoms with Crippen LogP contribution in [0.5, 0.6) is 0 Å². The van der Waals surface area contributed by atoms with Crippen molar-refractivity contribution < 1.29 is 14.6 Å². The highest BCUT2D eigenvalue weighted by Crippen LogP contribution is 2.23. The van der Waals surface area contributed by atoms with E-state index in [2.05, 4.69) is 4.74 Å². The average molecular weight is 174 g/mol. The van der Waals surface area contributed by atoms with Crippen LogP contribution in [-0.4, -0.2) is 24.8 Å². The maximum atomic E-state index is 9.59. The first kappa shape index (κ1) is 11.4. The lowest BCUT2D eigenvalue weighted by Crippen LogP contribution is -1.97. The zero-order valence-corrected chi connectivity index (χ0v) is 7.88. The van der Waals surface area contributed by atoms with Crippen molar-refractivity contribution in [3.63, 3.8) is 0 Å². The number of aliphatic hydroxyl groups excluding tert-OH is 1. The molecular formula is C9H18O3. The Kier molecular flexibility index (Phi) is 6.76. The molecule has 72 valence electrons. The monoisotopic (exact) mass is 174 g/mol. The van der Waals surface area contributed by atoms with Crippen LogP contribution in [-0.2, 0) is 9.53 Å². The zero-order chi connectivity index (χ0) is 9.40. The van der Waals surface area contributed by atoms with Gasteiger partial charge >= 0.3 is 5.97 Å². The van der Waals surface area contributed by atoms with Crippen LogP contribution in [0.25, 0.3) is 0 Å². The Bertz CT molecular complexity index is 117. The first-order valence-electron chi connectivity index (χ1n) is 4.36. The third kappa shape index (κ3) is 6.16. The van der Waals surface area contributed by atoms with Gasteiger partial charge in [-0.3, -0.25) is 4.79 Å². The topological polar surface area (TPSA) is 46.5 Å². The van der Waals surface area contributed by atoms with Crippen molar-refractivity contribution in [3.05, 3.63) is 0 Å². The van der Waals surface area contributed by atoms with Gasteiger partial charge in [-0.1, -0.05) is 12.8 Å². The minimum atomic E-state index is -0.245. The van der Waals surface area contributed by atoms with E-state index in [4.69, 9.17) is 5.11 Å². The van der Waals surface area contributed by atoms with Gasteiger partial charge in [-0.2, -0.15) is 0 Å². The maximum Gasteiger partial charge on any atom is 0.302 e. The molecule has 0 spiro atoms. The minimum absolute atomic E-state index is 0.245. The quantitative estimate of drug-likeness (QED) is 0.610. The second kappa shape index (κ2) is 7.10. The number of rotatable bonds is 1. The van der Waals surface area contributed by atoms with Crippen molar-refractivity contribution in [1.29, 1.82) is 0 Å². The number of carbonyl (C=O) groups excluding carboxylic acids is 1. The van der Waals surface area contributed by atoms with E-state index in [0.29, 0.717) is 12.5 Å². The van der Waals surface area contributed by atoms with E-state index < -0.39 is 0 Å². The summed E-state index contributed by atoms with van der Waals surface area (Å²) in [6.07, 6.45) is 5.20. The SMILES string of the molecule is COC(C)=O.OCC1CCCC1. The maximum absolute atomic E-state index is 9.59. The molecule has 0 amide bonds. The molecule has 0 aromatic carbocycles. The van der Waals surface area contributed by atoms with Gasteiger partial charge in [0.1, 0.15) is 0 Å². The lowest BCUT2D eigenvalue weighted by atomic mass is 10.1. The van der Waals surface area contributed by atoms with Gasteiger partial charge in [0.05, 0.1) is 7.11 Å². The predicted molar refractivity (Wildman–Crippen MR) is 46.7 cm³/mol. The molecule has 0 aromatic heterocycles. The van der Waals surface area contributed by atoms with Gasteiger partial charge in [0.25, 0.3) is 0 Å². The fourth-order valence-corrected chi connectivity index (χ4v) is 1.19. The average Bonchev–Trinajstić information content (AvgIpc) is 2.57. The van der Waals surface area contributed by atoms with Gasteiger partial charge in [-0.25, -0.2) is 0 Å². The normalized spacial score (nSPS) is 16.6. The Morgan fingerprint density at radius 3 is 2.08 bits per heavy atom. The summed E-state index contributed by atoms with van der Waals surface area (Å²) < 4.78 is 4.11. The third-order valence-electron chi connectivity index (χ3n) is 2.02. The van der Waals surface area contributed by atoms with Gasteiger partial charge in [0.2, 0.25) is 0 Å². The summed E-state index contributed by atoms with van der Waals surface area (Å²) in [4.78, 5) is 9.59. The number of hydrogen-bond acceptors (Lipinski definition) is 3. The summed E-state index contributed by atoms with van der Waals surface area (Å²) in [5.41, 5.74) is 0. The van der Waals surface area contributed by atoms with Gasteiger partial charge in [-0.15, -0.1) is 0 Å². The third-order valence-corrected chi connectivity index (χ3v) is 2.02. The molecule has 1 fully saturated rings. The standard InChI is InChI=1S/C6H12O.C3H6O2/c7-5-6-3-1-2-4-6;1-3(4)5-2/h6-7H,1-5H2;1-2H3. The largest absolute Gasteiger partial charge is 0.469 e. The van der Waals surface area contributed by atoms with E-state index in [-0.39, 0.29) is 5.97 Å². The molecular weight excluding hydrogens is 156 g/mol. The molecule has 0 heterocycles. The van der Waals surface area contributed by atoms with Crippen molar-refractivity contribution in [2.45, 2.75) is 32.6 Å². The Balaban J connectivity index is 0.000000217. The van der Waals surface area contributed by atoms with E-state index in [9.17, 15) is 4.79 Å². The van der Waals surface area contributed by atoms with Gasteiger partial charge < -0.3 is 9.84 Å². The number of aliphatic hydroxyl groups is 1. The molecule has 0 aliphatic heterocycles. The van der Waals surface area contributed by atoms with Crippen LogP contribution in [0.2, 0.25) is 0 Å². The van der Waals surface area contributed by atoms with E-state index >= 15 is 0 Å². The van der Waals surface area contributed by atoms with Gasteiger partial charge in [0, 0.05) is 13.5 Å². The van der Waals surface area contributed by atoms with E-state index in [1.165, 1.54) is 39.7 Å². The van der Waals surface area contributed by atoms with Crippen LogP contribution in [0.1, 0.15) is 32.6 Å². The molecule has 12 heavy (non-hydrogen) atoms. The molecule has 1 N–H and O–H groups in total. The summed E-state index contributed by atoms with van der Waals surface area (Å²) in [5, 5.41) is 8.57. The summed E-state index contributed by atoms with van der Waals surface area (Å²) in [6, 6.07) is 0. The molecule has 0 unspecified atom stereocenters. The van der Waals surface area contributed by atoms with E-state index in [0.717, 1.165) is 0 Å². The second-order valence-electron chi connectivity index (χ2n) is 3.03. The fourth-order valence-electron chi connectivity index (χ4n) is 1.19. The Hall–Kier alpha value is -0.570. The van der Waals surface area contributed by atoms with Crippen molar-refractivity contribution in [1.82, 2.24) is 0 Å². The smallest absolute Gasteiger partial charge is 0.302 e. The number of carbonyl (C=O) groups is 1. The highest BCUT2D eigenvalue weighted by molar-refractivity contribution is 5.65. The lowest BCUT2D eigenvalue weighted by molar-refractivity contribution is -0.137. The molecule has 0 radical (unpaired) electrons. The molecule has 3 nitrogen and oxygen atoms in total. The zero-order valence-electron chi connectivity index (χ0n) is 7.88. The highest BCUT2D eigenvalue weighted by atomic mass is 16.5. The first-order valence-corrected chi connectivity index (χ1v) is 4.36. The van der Waals surface area contributed by atoms with E-state index in [1.807, 2.05) is 0 Å².